The number of rotatable bonds is 5. The molecular weight excluding hydrogens is 202 g/mol. The summed E-state index contributed by atoms with van der Waals surface area (Å²) < 4.78 is 5.56. The van der Waals surface area contributed by atoms with Crippen LogP contribution >= 0.6 is 0 Å². The number of ether oxygens (including phenoxy) is 1. The van der Waals surface area contributed by atoms with E-state index in [9.17, 15) is 4.79 Å². The first-order valence-electron chi connectivity index (χ1n) is 6.62. The second-order valence-electron chi connectivity index (χ2n) is 5.24. The first-order chi connectivity index (χ1) is 7.77. The van der Waals surface area contributed by atoms with Gasteiger partial charge in [0.05, 0.1) is 6.10 Å². The Morgan fingerprint density at radius 1 is 1.44 bits per heavy atom. The highest BCUT2D eigenvalue weighted by Gasteiger charge is 2.28. The molecule has 3 heteroatoms. The van der Waals surface area contributed by atoms with E-state index in [1.54, 1.807) is 0 Å². The number of Topliss-reactive ketones (excluding diaryl/α,β-unsaturated/α-hetero) is 1. The van der Waals surface area contributed by atoms with Gasteiger partial charge in [-0.1, -0.05) is 6.92 Å². The van der Waals surface area contributed by atoms with Gasteiger partial charge in [-0.25, -0.2) is 0 Å². The Morgan fingerprint density at radius 3 is 2.94 bits per heavy atom. The summed E-state index contributed by atoms with van der Waals surface area (Å²) >= 11 is 0. The van der Waals surface area contributed by atoms with Crippen molar-refractivity contribution in [3.05, 3.63) is 0 Å². The van der Waals surface area contributed by atoms with Crippen molar-refractivity contribution in [1.29, 1.82) is 0 Å². The molecule has 2 fully saturated rings. The standard InChI is InChI=1S/C13H23NO2/c1-10-8-14-9-12(10)13(15)6-2-4-11-5-3-7-16-11/h10-12,14H,2-9H2,1H3. The van der Waals surface area contributed by atoms with Crippen molar-refractivity contribution in [2.24, 2.45) is 11.8 Å². The largest absolute Gasteiger partial charge is 0.378 e. The fourth-order valence-corrected chi connectivity index (χ4v) is 2.80. The second-order valence-corrected chi connectivity index (χ2v) is 5.24. The molecule has 0 radical (unpaired) electrons. The molecule has 0 bridgehead atoms. The highest BCUT2D eigenvalue weighted by atomic mass is 16.5. The van der Waals surface area contributed by atoms with E-state index in [-0.39, 0.29) is 5.92 Å². The molecule has 0 aromatic carbocycles. The molecule has 3 nitrogen and oxygen atoms in total. The number of hydrogen-bond acceptors (Lipinski definition) is 3. The van der Waals surface area contributed by atoms with Crippen molar-refractivity contribution >= 4 is 5.78 Å². The van der Waals surface area contributed by atoms with Gasteiger partial charge in [-0.3, -0.25) is 4.79 Å². The second kappa shape index (κ2) is 5.78. The summed E-state index contributed by atoms with van der Waals surface area (Å²) in [6.45, 7) is 4.98. The van der Waals surface area contributed by atoms with Gasteiger partial charge >= 0.3 is 0 Å². The van der Waals surface area contributed by atoms with Crippen LogP contribution in [0, 0.1) is 11.8 Å². The molecule has 0 amide bonds. The highest BCUT2D eigenvalue weighted by molar-refractivity contribution is 5.81. The van der Waals surface area contributed by atoms with Crippen LogP contribution in [0.25, 0.3) is 0 Å². The maximum atomic E-state index is 11.9. The Labute approximate surface area is 97.9 Å². The Balaban J connectivity index is 1.63. The van der Waals surface area contributed by atoms with Gasteiger partial charge < -0.3 is 10.1 Å². The van der Waals surface area contributed by atoms with E-state index in [1.165, 1.54) is 12.8 Å². The summed E-state index contributed by atoms with van der Waals surface area (Å²) in [5, 5.41) is 3.29. The predicted molar refractivity (Wildman–Crippen MR) is 63.4 cm³/mol. The average Bonchev–Trinajstić information content (AvgIpc) is 2.88. The summed E-state index contributed by atoms with van der Waals surface area (Å²) in [5.74, 6) is 1.25. The molecule has 0 saturated carbocycles. The maximum absolute atomic E-state index is 11.9. The molecule has 92 valence electrons. The molecule has 3 atom stereocenters. The van der Waals surface area contributed by atoms with E-state index in [1.807, 2.05) is 0 Å². The average molecular weight is 225 g/mol. The molecule has 16 heavy (non-hydrogen) atoms. The zero-order valence-corrected chi connectivity index (χ0v) is 10.2. The van der Waals surface area contributed by atoms with Crippen LogP contribution in [0.4, 0.5) is 0 Å². The fraction of sp³-hybridized carbons (Fsp3) is 0.923. The molecule has 0 aromatic heterocycles. The van der Waals surface area contributed by atoms with Crippen molar-refractivity contribution in [1.82, 2.24) is 5.32 Å². The third kappa shape index (κ3) is 3.05. The summed E-state index contributed by atoms with van der Waals surface area (Å²) in [6, 6.07) is 0. The molecule has 0 spiro atoms. The zero-order chi connectivity index (χ0) is 11.4. The Kier molecular flexibility index (Phi) is 4.36. The zero-order valence-electron chi connectivity index (χ0n) is 10.2. The summed E-state index contributed by atoms with van der Waals surface area (Å²) in [4.78, 5) is 11.9. The van der Waals surface area contributed by atoms with Gasteiger partial charge in [-0.15, -0.1) is 0 Å². The van der Waals surface area contributed by atoms with Crippen LogP contribution in [0.2, 0.25) is 0 Å². The van der Waals surface area contributed by atoms with Gasteiger partial charge in [0.25, 0.3) is 0 Å². The van der Waals surface area contributed by atoms with Crippen LogP contribution in [0.1, 0.15) is 39.0 Å². The minimum Gasteiger partial charge on any atom is -0.378 e. The number of nitrogens with one attached hydrogen (secondary N) is 1. The number of hydrogen-bond donors (Lipinski definition) is 1. The van der Waals surface area contributed by atoms with Crippen molar-refractivity contribution in [3.8, 4) is 0 Å². The van der Waals surface area contributed by atoms with Gasteiger partial charge in [-0.05, 0) is 38.1 Å². The summed E-state index contributed by atoms with van der Waals surface area (Å²) in [5.41, 5.74) is 0. The molecule has 2 saturated heterocycles. The van der Waals surface area contributed by atoms with Gasteiger partial charge in [0.2, 0.25) is 0 Å². The fourth-order valence-electron chi connectivity index (χ4n) is 2.80. The third-order valence-corrected chi connectivity index (χ3v) is 3.90. The lowest BCUT2D eigenvalue weighted by molar-refractivity contribution is -0.123. The van der Waals surface area contributed by atoms with Crippen molar-refractivity contribution in [3.63, 3.8) is 0 Å². The Bertz CT molecular complexity index is 236. The maximum Gasteiger partial charge on any atom is 0.137 e. The van der Waals surface area contributed by atoms with Crippen LogP contribution in [-0.2, 0) is 9.53 Å². The highest BCUT2D eigenvalue weighted by Crippen LogP contribution is 2.21. The molecule has 3 unspecified atom stereocenters. The van der Waals surface area contributed by atoms with E-state index < -0.39 is 0 Å². The van der Waals surface area contributed by atoms with Crippen LogP contribution in [0.15, 0.2) is 0 Å². The topological polar surface area (TPSA) is 38.3 Å². The molecule has 0 aromatic rings. The monoisotopic (exact) mass is 225 g/mol. The minimum absolute atomic E-state index is 0.268. The van der Waals surface area contributed by atoms with E-state index in [0.717, 1.165) is 39.0 Å². The molecule has 1 N–H and O–H groups in total. The molecule has 2 aliphatic rings. The molecular formula is C13H23NO2. The number of carbonyl (C=O) groups excluding carboxylic acids is 1. The van der Waals surface area contributed by atoms with E-state index in [4.69, 9.17) is 4.74 Å². The third-order valence-electron chi connectivity index (χ3n) is 3.90. The lowest BCUT2D eigenvalue weighted by atomic mass is 9.90. The minimum atomic E-state index is 0.268. The molecule has 2 aliphatic heterocycles. The van der Waals surface area contributed by atoms with Gasteiger partial charge in [0, 0.05) is 25.5 Å². The first-order valence-corrected chi connectivity index (χ1v) is 6.62. The van der Waals surface area contributed by atoms with E-state index >= 15 is 0 Å². The van der Waals surface area contributed by atoms with Crippen molar-refractivity contribution in [2.75, 3.05) is 19.7 Å². The quantitative estimate of drug-likeness (QED) is 0.775. The molecule has 2 rings (SSSR count). The lowest BCUT2D eigenvalue weighted by Crippen LogP contribution is -2.21. The lowest BCUT2D eigenvalue weighted by Gasteiger charge is -2.13. The molecule has 2 heterocycles. The van der Waals surface area contributed by atoms with Gasteiger partial charge in [0.1, 0.15) is 5.78 Å². The summed E-state index contributed by atoms with van der Waals surface area (Å²) in [6.07, 6.45) is 5.65. The Morgan fingerprint density at radius 2 is 2.31 bits per heavy atom. The van der Waals surface area contributed by atoms with Crippen LogP contribution in [-0.4, -0.2) is 31.6 Å². The summed E-state index contributed by atoms with van der Waals surface area (Å²) in [7, 11) is 0. The SMILES string of the molecule is CC1CNCC1C(=O)CCCC1CCCO1. The van der Waals surface area contributed by atoms with Gasteiger partial charge in [0.15, 0.2) is 0 Å². The van der Waals surface area contributed by atoms with Crippen molar-refractivity contribution < 1.29 is 9.53 Å². The molecule has 0 aliphatic carbocycles. The normalized spacial score (nSPS) is 34.4. The van der Waals surface area contributed by atoms with E-state index in [2.05, 4.69) is 12.2 Å². The Hall–Kier alpha value is -0.410. The number of carbonyl (C=O) groups is 1. The van der Waals surface area contributed by atoms with Crippen molar-refractivity contribution in [2.45, 2.75) is 45.1 Å². The number of ketones is 1. The van der Waals surface area contributed by atoms with Crippen LogP contribution in [0.5, 0.6) is 0 Å². The van der Waals surface area contributed by atoms with Crippen LogP contribution < -0.4 is 5.32 Å². The predicted octanol–water partition coefficient (Wildman–Crippen LogP) is 1.76. The van der Waals surface area contributed by atoms with Crippen LogP contribution in [0.3, 0.4) is 0 Å². The van der Waals surface area contributed by atoms with Gasteiger partial charge in [-0.2, -0.15) is 0 Å². The first kappa shape index (κ1) is 12.1. The smallest absolute Gasteiger partial charge is 0.137 e. The van der Waals surface area contributed by atoms with E-state index in [0.29, 0.717) is 17.8 Å².